The molecule has 0 unspecified atom stereocenters. The van der Waals surface area contributed by atoms with Crippen LogP contribution in [0.4, 0.5) is 5.69 Å². The highest BCUT2D eigenvalue weighted by Crippen LogP contribution is 2.10. The number of nitrogens with one attached hydrogen (secondary N) is 1. The second-order valence-corrected chi connectivity index (χ2v) is 5.69. The fourth-order valence-corrected chi connectivity index (χ4v) is 2.11. The largest absolute Gasteiger partial charge is 0.389 e. The summed E-state index contributed by atoms with van der Waals surface area (Å²) in [5.74, 6) is 0.0282. The van der Waals surface area contributed by atoms with Crippen LogP contribution in [0.1, 0.15) is 38.2 Å². The van der Waals surface area contributed by atoms with Crippen LogP contribution < -0.4 is 11.1 Å². The summed E-state index contributed by atoms with van der Waals surface area (Å²) in [6, 6.07) is 7.26. The van der Waals surface area contributed by atoms with E-state index in [0.29, 0.717) is 11.4 Å². The highest BCUT2D eigenvalue weighted by atomic mass is 32.1. The fourth-order valence-electron chi connectivity index (χ4n) is 1.98. The molecular formula is C16H25N3OS. The average molecular weight is 307 g/mol. The number of nitrogens with zero attached hydrogens (tertiary/aromatic N) is 1. The number of carbonyl (C=O) groups excluding carboxylic acids is 1. The Balaban J connectivity index is 2.31. The molecule has 0 aliphatic heterocycles. The van der Waals surface area contributed by atoms with Gasteiger partial charge in [-0.15, -0.1) is 0 Å². The summed E-state index contributed by atoms with van der Waals surface area (Å²) >= 11 is 4.89. The molecular weight excluding hydrogens is 282 g/mol. The van der Waals surface area contributed by atoms with Crippen LogP contribution in [0.2, 0.25) is 0 Å². The van der Waals surface area contributed by atoms with Crippen LogP contribution in [0.15, 0.2) is 24.3 Å². The van der Waals surface area contributed by atoms with Gasteiger partial charge >= 0.3 is 0 Å². The Bertz CT molecular complexity index is 459. The maximum Gasteiger partial charge on any atom is 0.225 e. The van der Waals surface area contributed by atoms with E-state index in [-0.39, 0.29) is 5.91 Å². The van der Waals surface area contributed by atoms with Gasteiger partial charge in [0.25, 0.3) is 0 Å². The molecule has 0 heterocycles. The molecule has 0 fully saturated rings. The first-order chi connectivity index (χ1) is 10.0. The minimum Gasteiger partial charge on any atom is -0.389 e. The summed E-state index contributed by atoms with van der Waals surface area (Å²) in [7, 11) is 2.06. The van der Waals surface area contributed by atoms with Gasteiger partial charge in [0.2, 0.25) is 5.91 Å². The van der Waals surface area contributed by atoms with Crippen molar-refractivity contribution >= 4 is 28.8 Å². The Morgan fingerprint density at radius 2 is 1.90 bits per heavy atom. The van der Waals surface area contributed by atoms with Gasteiger partial charge in [-0.2, -0.15) is 0 Å². The molecule has 0 aliphatic rings. The predicted octanol–water partition coefficient (Wildman–Crippen LogP) is 2.77. The first-order valence-electron chi connectivity index (χ1n) is 7.41. The van der Waals surface area contributed by atoms with Crippen molar-refractivity contribution in [1.82, 2.24) is 4.90 Å². The van der Waals surface area contributed by atoms with Gasteiger partial charge in [-0.25, -0.2) is 0 Å². The van der Waals surface area contributed by atoms with E-state index in [1.165, 1.54) is 19.3 Å². The molecule has 116 valence electrons. The van der Waals surface area contributed by atoms with Crippen LogP contribution in [0.25, 0.3) is 0 Å². The first-order valence-corrected chi connectivity index (χ1v) is 7.82. The van der Waals surface area contributed by atoms with E-state index in [9.17, 15) is 4.79 Å². The number of hydrogen-bond donors (Lipinski definition) is 2. The van der Waals surface area contributed by atoms with Crippen molar-refractivity contribution in [1.29, 1.82) is 0 Å². The second-order valence-electron chi connectivity index (χ2n) is 5.25. The number of anilines is 1. The van der Waals surface area contributed by atoms with Crippen LogP contribution in [-0.4, -0.2) is 35.9 Å². The number of amides is 1. The number of hydrogen-bond acceptors (Lipinski definition) is 3. The quantitative estimate of drug-likeness (QED) is 0.544. The summed E-state index contributed by atoms with van der Waals surface area (Å²) in [6.07, 6.45) is 4.15. The first kappa shape index (κ1) is 17.6. The standard InChI is InChI=1S/C16H25N3OS/c1-3-4-5-11-19(2)12-10-15(20)18-14-8-6-13(7-9-14)16(17)21/h6-9H,3-5,10-12H2,1-2H3,(H2,17,21)(H,18,20). The van der Waals surface area contributed by atoms with Crippen molar-refractivity contribution in [2.24, 2.45) is 5.73 Å². The van der Waals surface area contributed by atoms with Crippen molar-refractivity contribution in [2.75, 3.05) is 25.5 Å². The Hall–Kier alpha value is -1.46. The highest BCUT2D eigenvalue weighted by molar-refractivity contribution is 7.80. The van der Waals surface area contributed by atoms with E-state index in [4.69, 9.17) is 18.0 Å². The van der Waals surface area contributed by atoms with Gasteiger partial charge in [-0.1, -0.05) is 32.0 Å². The zero-order valence-corrected chi connectivity index (χ0v) is 13.7. The normalized spacial score (nSPS) is 10.6. The summed E-state index contributed by atoms with van der Waals surface area (Å²) in [5.41, 5.74) is 7.11. The molecule has 4 nitrogen and oxygen atoms in total. The predicted molar refractivity (Wildman–Crippen MR) is 92.6 cm³/mol. The molecule has 1 amide bonds. The summed E-state index contributed by atoms with van der Waals surface area (Å²) < 4.78 is 0. The second kappa shape index (κ2) is 9.47. The molecule has 1 aromatic rings. The number of nitrogens with two attached hydrogens (primary N) is 1. The van der Waals surface area contributed by atoms with Crippen LogP contribution in [-0.2, 0) is 4.79 Å². The van der Waals surface area contributed by atoms with Gasteiger partial charge in [0.05, 0.1) is 0 Å². The maximum absolute atomic E-state index is 11.9. The zero-order chi connectivity index (χ0) is 15.7. The van der Waals surface area contributed by atoms with E-state index in [0.717, 1.165) is 24.3 Å². The number of unbranched alkanes of at least 4 members (excludes halogenated alkanes) is 2. The monoisotopic (exact) mass is 307 g/mol. The lowest BCUT2D eigenvalue weighted by Gasteiger charge is -2.16. The number of benzene rings is 1. The van der Waals surface area contributed by atoms with E-state index in [1.807, 2.05) is 24.3 Å². The van der Waals surface area contributed by atoms with Crippen molar-refractivity contribution in [2.45, 2.75) is 32.6 Å². The van der Waals surface area contributed by atoms with Gasteiger partial charge in [-0.3, -0.25) is 4.79 Å². The fraction of sp³-hybridized carbons (Fsp3) is 0.500. The van der Waals surface area contributed by atoms with E-state index >= 15 is 0 Å². The van der Waals surface area contributed by atoms with Gasteiger partial charge in [-0.05, 0) is 44.3 Å². The Morgan fingerprint density at radius 1 is 1.24 bits per heavy atom. The summed E-state index contributed by atoms with van der Waals surface area (Å²) in [6.45, 7) is 4.01. The van der Waals surface area contributed by atoms with Gasteiger partial charge < -0.3 is 16.0 Å². The highest BCUT2D eigenvalue weighted by Gasteiger charge is 2.05. The van der Waals surface area contributed by atoms with E-state index < -0.39 is 0 Å². The van der Waals surface area contributed by atoms with Crippen molar-refractivity contribution in [3.63, 3.8) is 0 Å². The molecule has 0 radical (unpaired) electrons. The smallest absolute Gasteiger partial charge is 0.225 e. The van der Waals surface area contributed by atoms with Crippen LogP contribution in [0.3, 0.4) is 0 Å². The Kier molecular flexibility index (Phi) is 7.93. The maximum atomic E-state index is 11.9. The van der Waals surface area contributed by atoms with E-state index in [1.54, 1.807) is 0 Å². The Morgan fingerprint density at radius 3 is 2.48 bits per heavy atom. The van der Waals surface area contributed by atoms with Crippen molar-refractivity contribution < 1.29 is 4.79 Å². The number of rotatable bonds is 9. The van der Waals surface area contributed by atoms with Crippen molar-refractivity contribution in [3.8, 4) is 0 Å². The third-order valence-electron chi connectivity index (χ3n) is 3.32. The number of carbonyl (C=O) groups is 1. The third kappa shape index (κ3) is 7.20. The lowest BCUT2D eigenvalue weighted by Crippen LogP contribution is -2.25. The molecule has 0 spiro atoms. The minimum atomic E-state index is 0.0282. The molecule has 5 heteroatoms. The molecule has 0 saturated heterocycles. The lowest BCUT2D eigenvalue weighted by atomic mass is 10.2. The minimum absolute atomic E-state index is 0.0282. The molecule has 0 atom stereocenters. The SMILES string of the molecule is CCCCCN(C)CCC(=O)Nc1ccc(C(N)=S)cc1. The van der Waals surface area contributed by atoms with Crippen molar-refractivity contribution in [3.05, 3.63) is 29.8 Å². The molecule has 1 rings (SSSR count). The summed E-state index contributed by atoms with van der Waals surface area (Å²) in [5, 5.41) is 2.88. The molecule has 21 heavy (non-hydrogen) atoms. The summed E-state index contributed by atoms with van der Waals surface area (Å²) in [4.78, 5) is 14.4. The molecule has 0 saturated carbocycles. The number of thiocarbonyl (C=S) groups is 1. The average Bonchev–Trinajstić information content (AvgIpc) is 2.46. The lowest BCUT2D eigenvalue weighted by molar-refractivity contribution is -0.116. The zero-order valence-electron chi connectivity index (χ0n) is 12.9. The molecule has 0 aliphatic carbocycles. The molecule has 0 aromatic heterocycles. The molecule has 0 bridgehead atoms. The van der Waals surface area contributed by atoms with Crippen LogP contribution in [0.5, 0.6) is 0 Å². The van der Waals surface area contributed by atoms with Gasteiger partial charge in [0.1, 0.15) is 4.99 Å². The van der Waals surface area contributed by atoms with Gasteiger partial charge in [0.15, 0.2) is 0 Å². The molecule has 1 aromatic carbocycles. The Labute approximate surface area is 132 Å². The molecule has 3 N–H and O–H groups in total. The van der Waals surface area contributed by atoms with Gasteiger partial charge in [0, 0.05) is 24.2 Å². The topological polar surface area (TPSA) is 58.4 Å². The van der Waals surface area contributed by atoms with E-state index in [2.05, 4.69) is 24.2 Å². The van der Waals surface area contributed by atoms with Crippen LogP contribution >= 0.6 is 12.2 Å². The third-order valence-corrected chi connectivity index (χ3v) is 3.55. The van der Waals surface area contributed by atoms with Crippen LogP contribution in [0, 0.1) is 0 Å².